The zero-order valence-electron chi connectivity index (χ0n) is 12.9. The normalized spacial score (nSPS) is 13.7. The maximum Gasteiger partial charge on any atom is 0.227 e. The monoisotopic (exact) mass is 295 g/mol. The van der Waals surface area contributed by atoms with E-state index in [0.717, 1.165) is 24.2 Å². The highest BCUT2D eigenvalue weighted by Gasteiger charge is 2.32. The van der Waals surface area contributed by atoms with Gasteiger partial charge in [-0.3, -0.25) is 4.79 Å². The van der Waals surface area contributed by atoms with Crippen molar-refractivity contribution >= 4 is 5.91 Å². The largest absolute Gasteiger partial charge is 0.497 e. The van der Waals surface area contributed by atoms with Gasteiger partial charge in [-0.2, -0.15) is 0 Å². The third-order valence-electron chi connectivity index (χ3n) is 4.02. The highest BCUT2D eigenvalue weighted by atomic mass is 16.5. The summed E-state index contributed by atoms with van der Waals surface area (Å²) >= 11 is 0. The number of benzene rings is 2. The lowest BCUT2D eigenvalue weighted by Crippen LogP contribution is -2.33. The molecular weight excluding hydrogens is 274 g/mol. The van der Waals surface area contributed by atoms with Crippen LogP contribution in [0.3, 0.4) is 0 Å². The third kappa shape index (κ3) is 3.67. The van der Waals surface area contributed by atoms with E-state index in [4.69, 9.17) is 4.74 Å². The smallest absolute Gasteiger partial charge is 0.227 e. The summed E-state index contributed by atoms with van der Waals surface area (Å²) < 4.78 is 5.15. The van der Waals surface area contributed by atoms with Gasteiger partial charge in [-0.05, 0) is 36.1 Å². The molecule has 0 N–H and O–H groups in total. The molecule has 0 radical (unpaired) electrons. The molecule has 3 rings (SSSR count). The lowest BCUT2D eigenvalue weighted by Gasteiger charge is -2.22. The fraction of sp³-hybridized carbons (Fsp3) is 0.316. The van der Waals surface area contributed by atoms with Crippen LogP contribution >= 0.6 is 0 Å². The van der Waals surface area contributed by atoms with E-state index in [1.165, 1.54) is 5.56 Å². The van der Waals surface area contributed by atoms with Gasteiger partial charge in [0.25, 0.3) is 0 Å². The molecule has 0 aliphatic heterocycles. The Morgan fingerprint density at radius 2 is 1.73 bits per heavy atom. The number of ether oxygens (including phenoxy) is 1. The van der Waals surface area contributed by atoms with Gasteiger partial charge in [-0.25, -0.2) is 0 Å². The molecule has 1 fully saturated rings. The highest BCUT2D eigenvalue weighted by molar-refractivity contribution is 5.79. The molecule has 0 saturated heterocycles. The molecule has 1 aliphatic carbocycles. The molecular formula is C19H21NO2. The Bertz CT molecular complexity index is 618. The van der Waals surface area contributed by atoms with Crippen LogP contribution in [-0.2, 0) is 17.8 Å². The Balaban J connectivity index is 1.67. The molecule has 0 atom stereocenters. The maximum absolute atomic E-state index is 12.6. The number of amides is 1. The van der Waals surface area contributed by atoms with Crippen molar-refractivity contribution in [3.8, 4) is 5.75 Å². The number of hydrogen-bond acceptors (Lipinski definition) is 2. The minimum Gasteiger partial charge on any atom is -0.497 e. The summed E-state index contributed by atoms with van der Waals surface area (Å²) in [6.07, 6.45) is 2.70. The predicted octanol–water partition coefficient (Wildman–Crippen LogP) is 3.43. The Labute approximate surface area is 131 Å². The van der Waals surface area contributed by atoms with Crippen molar-refractivity contribution in [2.45, 2.75) is 31.8 Å². The first kappa shape index (κ1) is 14.6. The van der Waals surface area contributed by atoms with Gasteiger partial charge in [0.1, 0.15) is 5.75 Å². The second-order valence-corrected chi connectivity index (χ2v) is 5.76. The zero-order chi connectivity index (χ0) is 15.4. The molecule has 22 heavy (non-hydrogen) atoms. The Kier molecular flexibility index (Phi) is 4.42. The average Bonchev–Trinajstić information content (AvgIpc) is 3.39. The van der Waals surface area contributed by atoms with Crippen LogP contribution in [0.5, 0.6) is 5.75 Å². The highest BCUT2D eigenvalue weighted by Crippen LogP contribution is 2.29. The van der Waals surface area contributed by atoms with Gasteiger partial charge in [-0.15, -0.1) is 0 Å². The van der Waals surface area contributed by atoms with Gasteiger partial charge in [0, 0.05) is 12.6 Å². The van der Waals surface area contributed by atoms with E-state index in [9.17, 15) is 4.79 Å². The molecule has 1 saturated carbocycles. The second kappa shape index (κ2) is 6.65. The van der Waals surface area contributed by atoms with Gasteiger partial charge < -0.3 is 9.64 Å². The summed E-state index contributed by atoms with van der Waals surface area (Å²) in [5.74, 6) is 1.02. The van der Waals surface area contributed by atoms with Gasteiger partial charge in [0.15, 0.2) is 0 Å². The summed E-state index contributed by atoms with van der Waals surface area (Å²) in [6, 6.07) is 18.4. The fourth-order valence-electron chi connectivity index (χ4n) is 2.61. The van der Waals surface area contributed by atoms with Crippen LogP contribution < -0.4 is 4.74 Å². The number of methoxy groups -OCH3 is 1. The minimum atomic E-state index is 0.205. The van der Waals surface area contributed by atoms with E-state index in [-0.39, 0.29) is 5.91 Å². The van der Waals surface area contributed by atoms with E-state index in [0.29, 0.717) is 19.0 Å². The first-order chi connectivity index (χ1) is 10.8. The van der Waals surface area contributed by atoms with Crippen LogP contribution in [0, 0.1) is 0 Å². The van der Waals surface area contributed by atoms with E-state index in [1.54, 1.807) is 7.11 Å². The van der Waals surface area contributed by atoms with E-state index < -0.39 is 0 Å². The molecule has 114 valence electrons. The summed E-state index contributed by atoms with van der Waals surface area (Å²) in [5, 5.41) is 0. The lowest BCUT2D eigenvalue weighted by atomic mass is 10.1. The molecule has 2 aromatic rings. The van der Waals surface area contributed by atoms with Crippen molar-refractivity contribution in [2.24, 2.45) is 0 Å². The SMILES string of the molecule is COc1ccc(CC(=O)N(Cc2ccccc2)C2CC2)cc1. The first-order valence-electron chi connectivity index (χ1n) is 7.72. The van der Waals surface area contributed by atoms with Crippen LogP contribution in [0.4, 0.5) is 0 Å². The standard InChI is InChI=1S/C19H21NO2/c1-22-18-11-7-15(8-12-18)13-19(21)20(17-9-10-17)14-16-5-3-2-4-6-16/h2-8,11-12,17H,9-10,13-14H2,1H3. The average molecular weight is 295 g/mol. The molecule has 0 heterocycles. The molecule has 2 aromatic carbocycles. The third-order valence-corrected chi connectivity index (χ3v) is 4.02. The summed E-state index contributed by atoms with van der Waals surface area (Å²) in [4.78, 5) is 14.7. The van der Waals surface area contributed by atoms with Crippen LogP contribution in [0.2, 0.25) is 0 Å². The zero-order valence-corrected chi connectivity index (χ0v) is 12.9. The molecule has 3 nitrogen and oxygen atoms in total. The van der Waals surface area contributed by atoms with Gasteiger partial charge in [-0.1, -0.05) is 42.5 Å². The quantitative estimate of drug-likeness (QED) is 0.817. The lowest BCUT2D eigenvalue weighted by molar-refractivity contribution is -0.131. The molecule has 0 bridgehead atoms. The second-order valence-electron chi connectivity index (χ2n) is 5.76. The van der Waals surface area contributed by atoms with Crippen molar-refractivity contribution in [1.29, 1.82) is 0 Å². The van der Waals surface area contributed by atoms with Crippen LogP contribution in [0.1, 0.15) is 24.0 Å². The van der Waals surface area contributed by atoms with E-state index in [1.807, 2.05) is 47.4 Å². The van der Waals surface area contributed by atoms with Crippen LogP contribution in [0.15, 0.2) is 54.6 Å². The molecule has 1 aliphatic rings. The Morgan fingerprint density at radius 1 is 1.05 bits per heavy atom. The van der Waals surface area contributed by atoms with Crippen molar-refractivity contribution < 1.29 is 9.53 Å². The van der Waals surface area contributed by atoms with Gasteiger partial charge in [0.2, 0.25) is 5.91 Å². The van der Waals surface area contributed by atoms with Crippen LogP contribution in [-0.4, -0.2) is 24.0 Å². The molecule has 3 heteroatoms. The van der Waals surface area contributed by atoms with Gasteiger partial charge in [0.05, 0.1) is 13.5 Å². The first-order valence-corrected chi connectivity index (χ1v) is 7.72. The number of carbonyl (C=O) groups is 1. The fourth-order valence-corrected chi connectivity index (χ4v) is 2.61. The number of carbonyl (C=O) groups excluding carboxylic acids is 1. The Hall–Kier alpha value is -2.29. The van der Waals surface area contributed by atoms with Crippen molar-refractivity contribution in [2.75, 3.05) is 7.11 Å². The van der Waals surface area contributed by atoms with Crippen molar-refractivity contribution in [3.05, 3.63) is 65.7 Å². The molecule has 1 amide bonds. The molecule has 0 aromatic heterocycles. The Morgan fingerprint density at radius 3 is 2.32 bits per heavy atom. The van der Waals surface area contributed by atoms with Crippen molar-refractivity contribution in [3.63, 3.8) is 0 Å². The predicted molar refractivity (Wildman–Crippen MR) is 86.7 cm³/mol. The minimum absolute atomic E-state index is 0.205. The number of nitrogens with zero attached hydrogens (tertiary/aromatic N) is 1. The number of rotatable bonds is 6. The topological polar surface area (TPSA) is 29.5 Å². The van der Waals surface area contributed by atoms with Crippen molar-refractivity contribution in [1.82, 2.24) is 4.90 Å². The summed E-state index contributed by atoms with van der Waals surface area (Å²) in [6.45, 7) is 0.709. The maximum atomic E-state index is 12.6. The number of hydrogen-bond donors (Lipinski definition) is 0. The summed E-state index contributed by atoms with van der Waals surface area (Å²) in [5.41, 5.74) is 2.22. The summed E-state index contributed by atoms with van der Waals surface area (Å²) in [7, 11) is 1.65. The molecule has 0 unspecified atom stereocenters. The van der Waals surface area contributed by atoms with E-state index >= 15 is 0 Å². The van der Waals surface area contributed by atoms with E-state index in [2.05, 4.69) is 12.1 Å². The van der Waals surface area contributed by atoms with Crippen LogP contribution in [0.25, 0.3) is 0 Å². The van der Waals surface area contributed by atoms with Gasteiger partial charge >= 0.3 is 0 Å². The molecule has 0 spiro atoms.